The molecule has 1 N–H and O–H groups in total. The lowest BCUT2D eigenvalue weighted by Gasteiger charge is -2.39. The highest BCUT2D eigenvalue weighted by atomic mass is 32.2. The van der Waals surface area contributed by atoms with Crippen molar-refractivity contribution in [3.63, 3.8) is 0 Å². The number of nitrogens with zero attached hydrogens (tertiary/aromatic N) is 2. The van der Waals surface area contributed by atoms with Crippen molar-refractivity contribution < 1.29 is 28.7 Å². The molecule has 186 valence electrons. The van der Waals surface area contributed by atoms with Crippen molar-refractivity contribution in [2.45, 2.75) is 51.1 Å². The molecule has 2 aliphatic heterocycles. The normalized spacial score (nSPS) is 24.3. The Morgan fingerprint density at radius 3 is 2.29 bits per heavy atom. The molecular weight excluding hydrogens is 470 g/mol. The number of allylic oxidation sites excluding steroid dienone is 1. The van der Waals surface area contributed by atoms with Crippen LogP contribution < -0.4 is 5.32 Å². The Kier molecular flexibility index (Phi) is 8.57. The van der Waals surface area contributed by atoms with E-state index in [0.717, 1.165) is 31.0 Å². The van der Waals surface area contributed by atoms with Crippen molar-refractivity contribution >= 4 is 35.5 Å². The van der Waals surface area contributed by atoms with Gasteiger partial charge in [0.25, 0.3) is 0 Å². The topological polar surface area (TPSA) is 126 Å². The number of methoxy groups -OCH3 is 2. The van der Waals surface area contributed by atoms with Gasteiger partial charge in [0.1, 0.15) is 5.92 Å². The van der Waals surface area contributed by atoms with E-state index < -0.39 is 29.7 Å². The zero-order valence-electron chi connectivity index (χ0n) is 20.2. The van der Waals surface area contributed by atoms with Crippen molar-refractivity contribution in [2.24, 2.45) is 5.92 Å². The van der Waals surface area contributed by atoms with Gasteiger partial charge in [0.2, 0.25) is 11.8 Å². The molecule has 0 saturated carbocycles. The van der Waals surface area contributed by atoms with Gasteiger partial charge in [-0.2, -0.15) is 5.26 Å². The van der Waals surface area contributed by atoms with E-state index in [0.29, 0.717) is 11.1 Å². The summed E-state index contributed by atoms with van der Waals surface area (Å²) in [4.78, 5) is 52.2. The Hall–Kier alpha value is -3.32. The molecule has 0 spiro atoms. The van der Waals surface area contributed by atoms with Crippen LogP contribution in [0.5, 0.6) is 0 Å². The average Bonchev–Trinajstić information content (AvgIpc) is 2.86. The summed E-state index contributed by atoms with van der Waals surface area (Å²) in [6.07, 6.45) is 2.95. The number of esters is 2. The molecule has 35 heavy (non-hydrogen) atoms. The van der Waals surface area contributed by atoms with E-state index in [1.807, 2.05) is 18.7 Å². The molecule has 0 bridgehead atoms. The maximum Gasteiger partial charge on any atom is 0.337 e. The molecule has 10 heteroatoms. The fourth-order valence-corrected chi connectivity index (χ4v) is 5.66. The lowest BCUT2D eigenvalue weighted by Crippen LogP contribution is -2.48. The minimum Gasteiger partial charge on any atom is -0.468 e. The average molecular weight is 500 g/mol. The molecule has 1 aromatic rings. The van der Waals surface area contributed by atoms with Crippen LogP contribution in [-0.4, -0.2) is 60.7 Å². The summed E-state index contributed by atoms with van der Waals surface area (Å²) in [6, 6.07) is 8.54. The standard InChI is InChI=1S/C25H29N3O6S/c1-14-6-5-7-15(2)28(14)19(29)13-35-23-18(12-26)20(21(22(30)27-23)25(32)34-4)16-8-10-17(11-9-16)24(31)33-3/h8-11,14-15,20-21H,5-7,13H2,1-4H3,(H,27,30)/t14-,15-,20-,21+/m1/s1. The van der Waals surface area contributed by atoms with Crippen LogP contribution in [-0.2, 0) is 23.9 Å². The minimum atomic E-state index is -1.29. The van der Waals surface area contributed by atoms with Crippen molar-refractivity contribution in [3.05, 3.63) is 46.0 Å². The molecule has 0 unspecified atom stereocenters. The van der Waals surface area contributed by atoms with Gasteiger partial charge in [-0.05, 0) is 50.8 Å². The first-order valence-corrected chi connectivity index (χ1v) is 12.4. The molecular formula is C25H29N3O6S. The molecule has 1 fully saturated rings. The fraction of sp³-hybridized carbons (Fsp3) is 0.480. The second-order valence-corrected chi connectivity index (χ2v) is 9.64. The van der Waals surface area contributed by atoms with Crippen LogP contribution in [0.3, 0.4) is 0 Å². The lowest BCUT2D eigenvalue weighted by atomic mass is 9.78. The van der Waals surface area contributed by atoms with Gasteiger partial charge in [-0.3, -0.25) is 14.4 Å². The number of ether oxygens (including phenoxy) is 2. The largest absolute Gasteiger partial charge is 0.468 e. The fourth-order valence-electron chi connectivity index (χ4n) is 4.75. The van der Waals surface area contributed by atoms with Gasteiger partial charge >= 0.3 is 11.9 Å². The summed E-state index contributed by atoms with van der Waals surface area (Å²) in [5.41, 5.74) is 0.934. The molecule has 0 aliphatic carbocycles. The summed E-state index contributed by atoms with van der Waals surface area (Å²) < 4.78 is 9.56. The molecule has 9 nitrogen and oxygen atoms in total. The predicted octanol–water partition coefficient (Wildman–Crippen LogP) is 2.73. The molecule has 2 aliphatic rings. The van der Waals surface area contributed by atoms with Gasteiger partial charge in [-0.25, -0.2) is 4.79 Å². The molecule has 0 aromatic heterocycles. The number of nitriles is 1. The van der Waals surface area contributed by atoms with Crippen molar-refractivity contribution in [1.82, 2.24) is 10.2 Å². The summed E-state index contributed by atoms with van der Waals surface area (Å²) in [5.74, 6) is -4.18. The predicted molar refractivity (Wildman–Crippen MR) is 129 cm³/mol. The van der Waals surface area contributed by atoms with E-state index in [2.05, 4.69) is 11.4 Å². The number of hydrogen-bond acceptors (Lipinski definition) is 8. The Morgan fingerprint density at radius 2 is 1.74 bits per heavy atom. The van der Waals surface area contributed by atoms with Crippen LogP contribution in [0.25, 0.3) is 0 Å². The number of piperidine rings is 1. The number of carbonyl (C=O) groups excluding carboxylic acids is 4. The maximum atomic E-state index is 13.0. The molecule has 4 atom stereocenters. The summed E-state index contributed by atoms with van der Waals surface area (Å²) in [6.45, 7) is 4.05. The van der Waals surface area contributed by atoms with E-state index >= 15 is 0 Å². The second kappa shape index (κ2) is 11.4. The molecule has 1 saturated heterocycles. The number of hydrogen-bond donors (Lipinski definition) is 1. The third-order valence-corrected chi connectivity index (χ3v) is 7.50. The smallest absolute Gasteiger partial charge is 0.337 e. The number of likely N-dealkylation sites (tertiary alicyclic amines) is 1. The minimum absolute atomic E-state index is 0.0480. The third-order valence-electron chi connectivity index (χ3n) is 6.50. The van der Waals surface area contributed by atoms with Gasteiger partial charge in [-0.15, -0.1) is 0 Å². The van der Waals surface area contributed by atoms with Gasteiger partial charge < -0.3 is 19.7 Å². The Labute approximate surface area is 208 Å². The van der Waals surface area contributed by atoms with Crippen LogP contribution in [0.15, 0.2) is 34.9 Å². The Balaban J connectivity index is 1.94. The van der Waals surface area contributed by atoms with Gasteiger partial charge in [-0.1, -0.05) is 23.9 Å². The highest BCUT2D eigenvalue weighted by Gasteiger charge is 2.44. The van der Waals surface area contributed by atoms with E-state index in [-0.39, 0.29) is 34.3 Å². The van der Waals surface area contributed by atoms with Gasteiger partial charge in [0.05, 0.1) is 42.2 Å². The summed E-state index contributed by atoms with van der Waals surface area (Å²) >= 11 is 1.08. The van der Waals surface area contributed by atoms with Crippen molar-refractivity contribution in [1.29, 1.82) is 5.26 Å². The molecule has 0 radical (unpaired) electrons. The van der Waals surface area contributed by atoms with Gasteiger partial charge in [0, 0.05) is 18.0 Å². The van der Waals surface area contributed by atoms with Crippen LogP contribution in [0.4, 0.5) is 0 Å². The first-order valence-electron chi connectivity index (χ1n) is 11.4. The van der Waals surface area contributed by atoms with Crippen molar-refractivity contribution in [3.8, 4) is 6.07 Å². The van der Waals surface area contributed by atoms with Crippen LogP contribution >= 0.6 is 11.8 Å². The monoisotopic (exact) mass is 499 g/mol. The number of thioether (sulfide) groups is 1. The first-order chi connectivity index (χ1) is 16.7. The van der Waals surface area contributed by atoms with Crippen LogP contribution in [0, 0.1) is 17.2 Å². The number of carbonyl (C=O) groups is 4. The molecule has 1 aromatic carbocycles. The zero-order valence-corrected chi connectivity index (χ0v) is 21.0. The van der Waals surface area contributed by atoms with E-state index in [4.69, 9.17) is 9.47 Å². The number of rotatable bonds is 6. The molecule has 2 amide bonds. The number of nitrogens with one attached hydrogen (secondary N) is 1. The lowest BCUT2D eigenvalue weighted by molar-refractivity contribution is -0.150. The Morgan fingerprint density at radius 1 is 1.11 bits per heavy atom. The van der Waals surface area contributed by atoms with E-state index in [9.17, 15) is 24.4 Å². The second-order valence-electron chi connectivity index (χ2n) is 8.65. The molecule has 3 rings (SSSR count). The quantitative estimate of drug-likeness (QED) is 0.468. The van der Waals surface area contributed by atoms with Crippen LogP contribution in [0.2, 0.25) is 0 Å². The SMILES string of the molecule is COC(=O)c1ccc([C@@H]2C(C#N)=C(SCC(=O)N3[C@H](C)CCC[C@H]3C)NC(=O)[C@H]2C(=O)OC)cc1. The summed E-state index contributed by atoms with van der Waals surface area (Å²) in [5, 5.41) is 12.9. The van der Waals surface area contributed by atoms with Crippen LogP contribution in [0.1, 0.15) is 54.9 Å². The Bertz CT molecular complexity index is 1070. The maximum absolute atomic E-state index is 13.0. The number of amides is 2. The number of benzene rings is 1. The third kappa shape index (κ3) is 5.51. The summed E-state index contributed by atoms with van der Waals surface area (Å²) in [7, 11) is 2.44. The highest BCUT2D eigenvalue weighted by molar-refractivity contribution is 8.03. The molecule has 2 heterocycles. The van der Waals surface area contributed by atoms with Crippen molar-refractivity contribution in [2.75, 3.05) is 20.0 Å². The van der Waals surface area contributed by atoms with Gasteiger partial charge in [0.15, 0.2) is 0 Å². The van der Waals surface area contributed by atoms with E-state index in [1.165, 1.54) is 26.4 Å². The zero-order chi connectivity index (χ0) is 25.7. The first kappa shape index (κ1) is 26.3. The van der Waals surface area contributed by atoms with E-state index in [1.54, 1.807) is 12.1 Å². The highest BCUT2D eigenvalue weighted by Crippen LogP contribution is 2.40.